The van der Waals surface area contributed by atoms with Crippen molar-refractivity contribution in [2.45, 2.75) is 44.3 Å². The first-order valence-corrected chi connectivity index (χ1v) is 15.6. The van der Waals surface area contributed by atoms with Crippen molar-refractivity contribution >= 4 is 33.2 Å². The Morgan fingerprint density at radius 1 is 0.854 bits per heavy atom. The summed E-state index contributed by atoms with van der Waals surface area (Å²) in [6, 6.07) is 28.8. The fourth-order valence-electron chi connectivity index (χ4n) is 5.09. The molecular weight excluding hydrogens is 554 g/mol. The minimum absolute atomic E-state index is 0.0379. The number of para-hydroxylation sites is 1. The number of benzene rings is 4. The van der Waals surface area contributed by atoms with Gasteiger partial charge in [0.25, 0.3) is 15.9 Å². The largest absolute Gasteiger partial charge is 0.348 e. The van der Waals surface area contributed by atoms with Gasteiger partial charge in [-0.1, -0.05) is 77.8 Å². The van der Waals surface area contributed by atoms with Crippen LogP contribution in [-0.2, 0) is 29.7 Å². The van der Waals surface area contributed by atoms with E-state index in [4.69, 9.17) is 11.6 Å². The van der Waals surface area contributed by atoms with E-state index in [9.17, 15) is 13.2 Å². The highest BCUT2D eigenvalue weighted by Crippen LogP contribution is 2.30. The summed E-state index contributed by atoms with van der Waals surface area (Å²) >= 11 is 6.08. The molecule has 1 amide bonds. The number of rotatable bonds is 10. The molecule has 41 heavy (non-hydrogen) atoms. The minimum Gasteiger partial charge on any atom is -0.348 e. The molecule has 6 nitrogen and oxygen atoms in total. The quantitative estimate of drug-likeness (QED) is 0.228. The topological polar surface area (TPSA) is 69.7 Å². The number of nitrogens with zero attached hydrogens (tertiary/aromatic N) is 2. The second-order valence-corrected chi connectivity index (χ2v) is 12.8. The summed E-state index contributed by atoms with van der Waals surface area (Å²) in [5, 5.41) is 3.57. The smallest absolute Gasteiger partial charge is 0.264 e. The van der Waals surface area contributed by atoms with Crippen molar-refractivity contribution < 1.29 is 13.2 Å². The summed E-state index contributed by atoms with van der Waals surface area (Å²) in [4.78, 5) is 16.2. The van der Waals surface area contributed by atoms with Crippen LogP contribution in [0, 0.1) is 6.92 Å². The van der Waals surface area contributed by atoms with E-state index in [1.807, 2.05) is 19.1 Å². The maximum atomic E-state index is 14.0. The zero-order chi connectivity index (χ0) is 28.8. The van der Waals surface area contributed by atoms with Crippen LogP contribution in [0.3, 0.4) is 0 Å². The molecule has 0 atom stereocenters. The zero-order valence-electron chi connectivity index (χ0n) is 23.1. The average molecular weight is 588 g/mol. The summed E-state index contributed by atoms with van der Waals surface area (Å²) in [7, 11) is -4.00. The fraction of sp³-hybridized carbons (Fsp3) is 0.242. The molecular formula is C33H34ClN3O3S. The summed E-state index contributed by atoms with van der Waals surface area (Å²) < 4.78 is 29.3. The lowest BCUT2D eigenvalue weighted by Crippen LogP contribution is -2.33. The number of likely N-dealkylation sites (tertiary alicyclic amines) is 1. The molecule has 1 aliphatic rings. The van der Waals surface area contributed by atoms with E-state index in [-0.39, 0.29) is 22.9 Å². The summed E-state index contributed by atoms with van der Waals surface area (Å²) in [6.07, 6.45) is 2.48. The molecule has 0 aliphatic carbocycles. The van der Waals surface area contributed by atoms with E-state index in [0.717, 1.165) is 36.3 Å². The van der Waals surface area contributed by atoms with Crippen LogP contribution in [0.5, 0.6) is 0 Å². The Hall–Kier alpha value is -3.65. The molecule has 4 aromatic carbocycles. The third-order valence-electron chi connectivity index (χ3n) is 7.32. The Kier molecular flexibility index (Phi) is 9.08. The van der Waals surface area contributed by atoms with Gasteiger partial charge in [-0.3, -0.25) is 14.0 Å². The lowest BCUT2D eigenvalue weighted by Gasteiger charge is -2.27. The number of nitrogens with one attached hydrogen (secondary N) is 1. The zero-order valence-corrected chi connectivity index (χ0v) is 24.7. The van der Waals surface area contributed by atoms with Gasteiger partial charge in [0.15, 0.2) is 0 Å². The van der Waals surface area contributed by atoms with Crippen LogP contribution in [-0.4, -0.2) is 32.3 Å². The highest BCUT2D eigenvalue weighted by atomic mass is 35.5. The van der Waals surface area contributed by atoms with Crippen LogP contribution in [0.4, 0.5) is 5.69 Å². The number of sulfonamides is 1. The lowest BCUT2D eigenvalue weighted by molar-refractivity contribution is 0.0951. The molecule has 0 radical (unpaired) electrons. The predicted molar refractivity (Wildman–Crippen MR) is 165 cm³/mol. The van der Waals surface area contributed by atoms with E-state index in [1.165, 1.54) is 22.7 Å². The summed E-state index contributed by atoms with van der Waals surface area (Å²) in [5.74, 6) is -0.342. The highest BCUT2D eigenvalue weighted by molar-refractivity contribution is 7.92. The van der Waals surface area contributed by atoms with E-state index < -0.39 is 10.0 Å². The van der Waals surface area contributed by atoms with Gasteiger partial charge in [-0.2, -0.15) is 0 Å². The van der Waals surface area contributed by atoms with Gasteiger partial charge in [-0.25, -0.2) is 8.42 Å². The van der Waals surface area contributed by atoms with Crippen LogP contribution >= 0.6 is 11.6 Å². The Bertz CT molecular complexity index is 1600. The van der Waals surface area contributed by atoms with Crippen molar-refractivity contribution in [3.05, 3.63) is 130 Å². The first-order chi connectivity index (χ1) is 19.8. The molecule has 1 fully saturated rings. The van der Waals surface area contributed by atoms with Crippen LogP contribution in [0.2, 0.25) is 5.02 Å². The molecule has 1 heterocycles. The third kappa shape index (κ3) is 7.17. The Morgan fingerprint density at radius 2 is 1.54 bits per heavy atom. The second kappa shape index (κ2) is 12.9. The number of carbonyl (C=O) groups is 1. The molecule has 0 bridgehead atoms. The SMILES string of the molecule is Cc1ccc(S(=O)(=O)N(Cc2ccc(Cl)cc2)c2ccccc2C(=O)NCc2cccc(CN3CCCC3)c2)cc1. The van der Waals surface area contributed by atoms with Crippen molar-refractivity contribution in [3.8, 4) is 0 Å². The standard InChI is InChI=1S/C33H34ClN3O3S/c1-25-11-17-30(18-12-25)41(39,40)37(24-26-13-15-29(34)16-14-26)32-10-3-2-9-31(32)33(38)35-22-27-7-6-8-28(21-27)23-36-19-4-5-20-36/h2-3,6-18,21H,4-5,19-20,22-24H2,1H3,(H,35,38). The third-order valence-corrected chi connectivity index (χ3v) is 9.34. The van der Waals surface area contributed by atoms with Gasteiger partial charge in [0.2, 0.25) is 0 Å². The average Bonchev–Trinajstić information content (AvgIpc) is 3.49. The van der Waals surface area contributed by atoms with E-state index in [0.29, 0.717) is 17.3 Å². The molecule has 212 valence electrons. The highest BCUT2D eigenvalue weighted by Gasteiger charge is 2.28. The molecule has 1 N–H and O–H groups in total. The van der Waals surface area contributed by atoms with Crippen LogP contribution in [0.1, 0.15) is 45.5 Å². The molecule has 8 heteroatoms. The van der Waals surface area contributed by atoms with Gasteiger partial charge in [-0.15, -0.1) is 0 Å². The number of aryl methyl sites for hydroxylation is 1. The van der Waals surface area contributed by atoms with Gasteiger partial charge < -0.3 is 5.32 Å². The van der Waals surface area contributed by atoms with Crippen molar-refractivity contribution in [1.29, 1.82) is 0 Å². The second-order valence-electron chi connectivity index (χ2n) is 10.5. The first-order valence-electron chi connectivity index (χ1n) is 13.8. The van der Waals surface area contributed by atoms with Crippen molar-refractivity contribution in [1.82, 2.24) is 10.2 Å². The molecule has 1 saturated heterocycles. The van der Waals surface area contributed by atoms with Crippen molar-refractivity contribution in [2.24, 2.45) is 0 Å². The maximum absolute atomic E-state index is 14.0. The Morgan fingerprint density at radius 3 is 2.27 bits per heavy atom. The van der Waals surface area contributed by atoms with Gasteiger partial charge in [0.1, 0.15) is 0 Å². The molecule has 4 aromatic rings. The molecule has 5 rings (SSSR count). The van der Waals surface area contributed by atoms with Crippen molar-refractivity contribution in [3.63, 3.8) is 0 Å². The fourth-order valence-corrected chi connectivity index (χ4v) is 6.69. The van der Waals surface area contributed by atoms with Crippen LogP contribution in [0.15, 0.2) is 102 Å². The summed E-state index contributed by atoms with van der Waals surface area (Å²) in [6.45, 7) is 5.43. The monoisotopic (exact) mass is 587 g/mol. The van der Waals surface area contributed by atoms with E-state index >= 15 is 0 Å². The molecule has 0 saturated carbocycles. The molecule has 0 unspecified atom stereocenters. The minimum atomic E-state index is -4.00. The molecule has 0 aromatic heterocycles. The number of anilines is 1. The Balaban J connectivity index is 1.42. The van der Waals surface area contributed by atoms with E-state index in [2.05, 4.69) is 22.3 Å². The maximum Gasteiger partial charge on any atom is 0.264 e. The van der Waals surface area contributed by atoms with Crippen LogP contribution in [0.25, 0.3) is 0 Å². The number of hydrogen-bond donors (Lipinski definition) is 1. The normalized spacial score (nSPS) is 13.7. The van der Waals surface area contributed by atoms with Gasteiger partial charge >= 0.3 is 0 Å². The van der Waals surface area contributed by atoms with E-state index in [1.54, 1.807) is 72.8 Å². The van der Waals surface area contributed by atoms with Gasteiger partial charge in [-0.05, 0) is 85.9 Å². The summed E-state index contributed by atoms with van der Waals surface area (Å²) in [5.41, 5.74) is 4.51. The molecule has 1 aliphatic heterocycles. The molecule has 0 spiro atoms. The van der Waals surface area contributed by atoms with Gasteiger partial charge in [0.05, 0.1) is 22.7 Å². The number of halogens is 1. The Labute approximate surface area is 247 Å². The lowest BCUT2D eigenvalue weighted by atomic mass is 10.1. The predicted octanol–water partition coefficient (Wildman–Crippen LogP) is 6.57. The number of carbonyl (C=O) groups excluding carboxylic acids is 1. The first kappa shape index (κ1) is 28.9. The number of hydrogen-bond acceptors (Lipinski definition) is 4. The van der Waals surface area contributed by atoms with Crippen molar-refractivity contribution in [2.75, 3.05) is 17.4 Å². The number of amides is 1. The van der Waals surface area contributed by atoms with Gasteiger partial charge in [0, 0.05) is 18.1 Å². The van der Waals surface area contributed by atoms with Crippen LogP contribution < -0.4 is 9.62 Å².